The Labute approximate surface area is 250 Å². The van der Waals surface area contributed by atoms with Gasteiger partial charge in [-0.3, -0.25) is 0 Å². The Morgan fingerprint density at radius 3 is 1.76 bits per heavy atom. The number of phenols is 4. The standard InChI is InChI=1S/C34H48O8/c1-2-3-4-5-6-7-8-9-10-11-12-13-14-15-22-41-34(40)32(25-27-17-20-29(36)31(38)24-27)42-33(39)21-18-26-16-19-28(35)30(37)23-26/h16-21,23-24,32,35-38H,2-15,22,25H2,1H3/b21-18+. The number of esters is 2. The van der Waals surface area contributed by atoms with Crippen LogP contribution in [0.3, 0.4) is 0 Å². The fourth-order valence-electron chi connectivity index (χ4n) is 4.63. The molecule has 0 heterocycles. The van der Waals surface area contributed by atoms with E-state index >= 15 is 0 Å². The summed E-state index contributed by atoms with van der Waals surface area (Å²) < 4.78 is 10.8. The van der Waals surface area contributed by atoms with Gasteiger partial charge in [0.05, 0.1) is 6.61 Å². The van der Waals surface area contributed by atoms with Crippen molar-refractivity contribution in [1.29, 1.82) is 0 Å². The Hall–Kier alpha value is -3.68. The maximum Gasteiger partial charge on any atom is 0.347 e. The van der Waals surface area contributed by atoms with Crippen LogP contribution in [0.4, 0.5) is 0 Å². The predicted molar refractivity (Wildman–Crippen MR) is 163 cm³/mol. The van der Waals surface area contributed by atoms with Crippen LogP contribution in [0.5, 0.6) is 23.0 Å². The first kappa shape index (κ1) is 34.5. The van der Waals surface area contributed by atoms with E-state index in [1.807, 2.05) is 0 Å². The molecular weight excluding hydrogens is 536 g/mol. The van der Waals surface area contributed by atoms with Crippen LogP contribution in [0.1, 0.15) is 108 Å². The van der Waals surface area contributed by atoms with Gasteiger partial charge in [0.25, 0.3) is 0 Å². The third kappa shape index (κ3) is 14.3. The minimum absolute atomic E-state index is 0.0506. The van der Waals surface area contributed by atoms with E-state index in [2.05, 4.69) is 6.92 Å². The fraction of sp³-hybridized carbons (Fsp3) is 0.529. The molecule has 0 radical (unpaired) electrons. The number of carbonyl (C=O) groups excluding carboxylic acids is 2. The molecule has 4 N–H and O–H groups in total. The molecule has 0 fully saturated rings. The lowest BCUT2D eigenvalue weighted by molar-refractivity contribution is -0.165. The van der Waals surface area contributed by atoms with E-state index in [0.29, 0.717) is 17.5 Å². The van der Waals surface area contributed by atoms with Gasteiger partial charge in [-0.2, -0.15) is 0 Å². The maximum atomic E-state index is 12.8. The Bertz CT molecular complexity index is 1110. The molecule has 0 bridgehead atoms. The highest BCUT2D eigenvalue weighted by Gasteiger charge is 2.25. The molecule has 1 atom stereocenters. The van der Waals surface area contributed by atoms with Gasteiger partial charge in [0.1, 0.15) is 0 Å². The third-order valence-corrected chi connectivity index (χ3v) is 7.14. The van der Waals surface area contributed by atoms with Crippen LogP contribution in [0.2, 0.25) is 0 Å². The van der Waals surface area contributed by atoms with Crippen LogP contribution in [-0.2, 0) is 25.5 Å². The van der Waals surface area contributed by atoms with Crippen molar-refractivity contribution in [3.8, 4) is 23.0 Å². The molecule has 0 aliphatic carbocycles. The SMILES string of the molecule is CCCCCCCCCCCCCCCCOC(=O)C(Cc1ccc(O)c(O)c1)OC(=O)/C=C/c1ccc(O)c(O)c1. The van der Waals surface area contributed by atoms with Crippen molar-refractivity contribution in [1.82, 2.24) is 0 Å². The summed E-state index contributed by atoms with van der Waals surface area (Å²) in [7, 11) is 0. The quantitative estimate of drug-likeness (QED) is 0.0508. The molecule has 0 aromatic heterocycles. The van der Waals surface area contributed by atoms with Crippen molar-refractivity contribution >= 4 is 18.0 Å². The highest BCUT2D eigenvalue weighted by molar-refractivity contribution is 5.89. The van der Waals surface area contributed by atoms with E-state index in [-0.39, 0.29) is 36.0 Å². The van der Waals surface area contributed by atoms with Gasteiger partial charge in [-0.15, -0.1) is 0 Å². The summed E-state index contributed by atoms with van der Waals surface area (Å²) in [6, 6.07) is 8.18. The van der Waals surface area contributed by atoms with Crippen molar-refractivity contribution in [2.45, 2.75) is 109 Å². The Morgan fingerprint density at radius 1 is 0.690 bits per heavy atom. The number of unbranched alkanes of at least 4 members (excludes halogenated alkanes) is 13. The normalized spacial score (nSPS) is 11.9. The fourth-order valence-corrected chi connectivity index (χ4v) is 4.63. The number of benzene rings is 2. The highest BCUT2D eigenvalue weighted by Crippen LogP contribution is 2.27. The maximum absolute atomic E-state index is 12.8. The molecule has 2 aromatic carbocycles. The van der Waals surface area contributed by atoms with E-state index in [9.17, 15) is 30.0 Å². The topological polar surface area (TPSA) is 134 Å². The molecule has 42 heavy (non-hydrogen) atoms. The molecule has 0 aliphatic heterocycles. The summed E-state index contributed by atoms with van der Waals surface area (Å²) in [6.45, 7) is 2.46. The lowest BCUT2D eigenvalue weighted by Gasteiger charge is -2.16. The van der Waals surface area contributed by atoms with Crippen LogP contribution < -0.4 is 0 Å². The van der Waals surface area contributed by atoms with Gasteiger partial charge >= 0.3 is 11.9 Å². The second kappa shape index (κ2) is 20.2. The number of hydrogen-bond donors (Lipinski definition) is 4. The van der Waals surface area contributed by atoms with Crippen LogP contribution in [0.15, 0.2) is 42.5 Å². The molecule has 2 rings (SSSR count). The molecule has 232 valence electrons. The third-order valence-electron chi connectivity index (χ3n) is 7.14. The Balaban J connectivity index is 1.74. The number of aromatic hydroxyl groups is 4. The van der Waals surface area contributed by atoms with Crippen LogP contribution in [0, 0.1) is 0 Å². The largest absolute Gasteiger partial charge is 0.504 e. The van der Waals surface area contributed by atoms with Crippen molar-refractivity contribution in [3.05, 3.63) is 53.6 Å². The minimum Gasteiger partial charge on any atom is -0.504 e. The number of phenolic OH excluding ortho intramolecular Hbond substituents is 4. The zero-order chi connectivity index (χ0) is 30.6. The molecule has 8 heteroatoms. The number of carbonyl (C=O) groups is 2. The molecule has 0 spiro atoms. The van der Waals surface area contributed by atoms with E-state index in [1.165, 1.54) is 113 Å². The summed E-state index contributed by atoms with van der Waals surface area (Å²) >= 11 is 0. The Morgan fingerprint density at radius 2 is 1.21 bits per heavy atom. The number of hydrogen-bond acceptors (Lipinski definition) is 8. The Kier molecular flexibility index (Phi) is 16.6. The highest BCUT2D eigenvalue weighted by atomic mass is 16.6. The average Bonchev–Trinajstić information content (AvgIpc) is 2.97. The molecule has 0 amide bonds. The van der Waals surface area contributed by atoms with Crippen LogP contribution >= 0.6 is 0 Å². The van der Waals surface area contributed by atoms with Gasteiger partial charge in [-0.25, -0.2) is 9.59 Å². The predicted octanol–water partition coefficient (Wildman–Crippen LogP) is 7.70. The summed E-state index contributed by atoms with van der Waals surface area (Å²) in [6.07, 6.45) is 18.3. The van der Waals surface area contributed by atoms with Gasteiger partial charge in [-0.05, 0) is 47.9 Å². The molecular formula is C34H48O8. The summed E-state index contributed by atoms with van der Waals surface area (Å²) in [5.41, 5.74) is 0.923. The van der Waals surface area contributed by atoms with Gasteiger partial charge in [-0.1, -0.05) is 103 Å². The summed E-state index contributed by atoms with van der Waals surface area (Å²) in [5, 5.41) is 38.4. The van der Waals surface area contributed by atoms with Crippen LogP contribution in [-0.4, -0.2) is 45.1 Å². The van der Waals surface area contributed by atoms with Gasteiger partial charge in [0.2, 0.25) is 6.10 Å². The summed E-state index contributed by atoms with van der Waals surface area (Å²) in [4.78, 5) is 25.3. The zero-order valence-corrected chi connectivity index (χ0v) is 24.9. The van der Waals surface area contributed by atoms with E-state index in [0.717, 1.165) is 18.9 Å². The second-order valence-corrected chi connectivity index (χ2v) is 10.8. The van der Waals surface area contributed by atoms with Gasteiger partial charge in [0, 0.05) is 12.5 Å². The lowest BCUT2D eigenvalue weighted by Crippen LogP contribution is -2.31. The minimum atomic E-state index is -1.26. The average molecular weight is 585 g/mol. The monoisotopic (exact) mass is 584 g/mol. The molecule has 1 unspecified atom stereocenters. The van der Waals surface area contributed by atoms with Gasteiger partial charge in [0.15, 0.2) is 23.0 Å². The molecule has 8 nitrogen and oxygen atoms in total. The van der Waals surface area contributed by atoms with Crippen LogP contribution in [0.25, 0.3) is 6.08 Å². The number of rotatable bonds is 21. The van der Waals surface area contributed by atoms with Crippen molar-refractivity contribution in [3.63, 3.8) is 0 Å². The zero-order valence-electron chi connectivity index (χ0n) is 24.9. The molecule has 0 aliphatic rings. The summed E-state index contributed by atoms with van der Waals surface area (Å²) in [5.74, 6) is -2.76. The second-order valence-electron chi connectivity index (χ2n) is 10.8. The molecule has 0 saturated carbocycles. The van der Waals surface area contributed by atoms with E-state index < -0.39 is 18.0 Å². The van der Waals surface area contributed by atoms with Crippen molar-refractivity contribution < 1.29 is 39.5 Å². The van der Waals surface area contributed by atoms with E-state index in [1.54, 1.807) is 0 Å². The lowest BCUT2D eigenvalue weighted by atomic mass is 10.0. The van der Waals surface area contributed by atoms with E-state index in [4.69, 9.17) is 9.47 Å². The first-order valence-electron chi connectivity index (χ1n) is 15.4. The first-order valence-corrected chi connectivity index (χ1v) is 15.4. The van der Waals surface area contributed by atoms with Crippen molar-refractivity contribution in [2.24, 2.45) is 0 Å². The number of ether oxygens (including phenoxy) is 2. The molecule has 0 saturated heterocycles. The van der Waals surface area contributed by atoms with Crippen molar-refractivity contribution in [2.75, 3.05) is 6.61 Å². The smallest absolute Gasteiger partial charge is 0.347 e. The van der Waals surface area contributed by atoms with Gasteiger partial charge < -0.3 is 29.9 Å². The first-order chi connectivity index (χ1) is 20.3. The molecule has 2 aromatic rings.